The molecular formula is C13H21Cl2N3OS. The van der Waals surface area contributed by atoms with Crippen molar-refractivity contribution in [2.24, 2.45) is 11.3 Å². The van der Waals surface area contributed by atoms with Gasteiger partial charge < -0.3 is 10.6 Å². The maximum Gasteiger partial charge on any atom is 0.228 e. The fourth-order valence-electron chi connectivity index (χ4n) is 3.36. The van der Waals surface area contributed by atoms with E-state index in [2.05, 4.69) is 15.6 Å². The van der Waals surface area contributed by atoms with Gasteiger partial charge in [0.2, 0.25) is 5.91 Å². The van der Waals surface area contributed by atoms with Crippen LogP contribution >= 0.6 is 36.2 Å². The van der Waals surface area contributed by atoms with Gasteiger partial charge in [0, 0.05) is 11.9 Å². The Morgan fingerprint density at radius 3 is 3.10 bits per heavy atom. The zero-order valence-corrected chi connectivity index (χ0v) is 13.7. The third kappa shape index (κ3) is 3.27. The molecule has 1 amide bonds. The van der Waals surface area contributed by atoms with Crippen molar-refractivity contribution in [1.29, 1.82) is 0 Å². The predicted octanol–water partition coefficient (Wildman–Crippen LogP) is 2.38. The minimum absolute atomic E-state index is 0. The van der Waals surface area contributed by atoms with Crippen LogP contribution in [0.5, 0.6) is 0 Å². The number of carbonyl (C=O) groups is 1. The van der Waals surface area contributed by atoms with Crippen LogP contribution in [-0.2, 0) is 11.3 Å². The molecule has 1 saturated carbocycles. The fraction of sp³-hybridized carbons (Fsp3) is 0.692. The van der Waals surface area contributed by atoms with E-state index in [1.807, 2.05) is 5.38 Å². The number of hydrogen-bond donors (Lipinski definition) is 2. The lowest BCUT2D eigenvalue weighted by atomic mass is 9.67. The van der Waals surface area contributed by atoms with Crippen LogP contribution in [0, 0.1) is 11.3 Å². The summed E-state index contributed by atoms with van der Waals surface area (Å²) in [6.45, 7) is 2.42. The van der Waals surface area contributed by atoms with Crippen molar-refractivity contribution in [1.82, 2.24) is 15.6 Å². The Morgan fingerprint density at radius 2 is 2.35 bits per heavy atom. The Balaban J connectivity index is 0.000001000. The molecule has 4 nitrogen and oxygen atoms in total. The summed E-state index contributed by atoms with van der Waals surface area (Å²) >= 11 is 1.57. The van der Waals surface area contributed by atoms with Gasteiger partial charge in [-0.25, -0.2) is 4.98 Å². The van der Waals surface area contributed by atoms with E-state index in [0.29, 0.717) is 12.5 Å². The zero-order valence-electron chi connectivity index (χ0n) is 11.3. The van der Waals surface area contributed by atoms with E-state index in [1.54, 1.807) is 16.8 Å². The molecule has 0 unspecified atom stereocenters. The van der Waals surface area contributed by atoms with Crippen molar-refractivity contribution in [2.45, 2.75) is 32.2 Å². The van der Waals surface area contributed by atoms with Crippen molar-refractivity contribution in [3.8, 4) is 0 Å². The van der Waals surface area contributed by atoms with E-state index in [1.165, 1.54) is 19.3 Å². The molecule has 3 rings (SSSR count). The molecule has 114 valence electrons. The van der Waals surface area contributed by atoms with E-state index in [-0.39, 0.29) is 36.1 Å². The molecular weight excluding hydrogens is 317 g/mol. The van der Waals surface area contributed by atoms with Crippen LogP contribution in [-0.4, -0.2) is 24.0 Å². The van der Waals surface area contributed by atoms with Gasteiger partial charge >= 0.3 is 0 Å². The molecule has 1 aromatic rings. The van der Waals surface area contributed by atoms with Gasteiger partial charge in [0.05, 0.1) is 23.2 Å². The molecule has 2 atom stereocenters. The van der Waals surface area contributed by atoms with Gasteiger partial charge in [-0.15, -0.1) is 36.2 Å². The third-order valence-corrected chi connectivity index (χ3v) is 5.04. The molecule has 1 aromatic heterocycles. The topological polar surface area (TPSA) is 54.0 Å². The van der Waals surface area contributed by atoms with E-state index >= 15 is 0 Å². The lowest BCUT2D eigenvalue weighted by Gasteiger charge is -2.37. The molecule has 0 spiro atoms. The molecule has 7 heteroatoms. The monoisotopic (exact) mass is 337 g/mol. The zero-order chi connectivity index (χ0) is 12.4. The van der Waals surface area contributed by atoms with Crippen molar-refractivity contribution in [3.63, 3.8) is 0 Å². The van der Waals surface area contributed by atoms with Gasteiger partial charge in [0.1, 0.15) is 0 Å². The number of fused-ring (bicyclic) bond motifs is 1. The summed E-state index contributed by atoms with van der Waals surface area (Å²) in [6, 6.07) is 0. The molecule has 1 aliphatic heterocycles. The van der Waals surface area contributed by atoms with E-state index in [4.69, 9.17) is 0 Å². The molecule has 2 heterocycles. The first-order valence-corrected chi connectivity index (χ1v) is 7.62. The summed E-state index contributed by atoms with van der Waals surface area (Å²) < 4.78 is 0. The minimum Gasteiger partial charge on any atom is -0.350 e. The number of carbonyl (C=O) groups excluding carboxylic acids is 1. The van der Waals surface area contributed by atoms with E-state index in [0.717, 1.165) is 25.2 Å². The van der Waals surface area contributed by atoms with Crippen LogP contribution in [0.15, 0.2) is 10.9 Å². The third-order valence-electron chi connectivity index (χ3n) is 4.40. The summed E-state index contributed by atoms with van der Waals surface area (Å²) in [6.07, 6.45) is 4.68. The largest absolute Gasteiger partial charge is 0.350 e. The van der Waals surface area contributed by atoms with Crippen molar-refractivity contribution >= 4 is 42.1 Å². The smallest absolute Gasteiger partial charge is 0.228 e. The quantitative estimate of drug-likeness (QED) is 0.890. The molecule has 2 fully saturated rings. The number of hydrogen-bond acceptors (Lipinski definition) is 4. The first-order chi connectivity index (χ1) is 8.81. The number of rotatable bonds is 3. The second-order valence-corrected chi connectivity index (χ2v) is 6.11. The summed E-state index contributed by atoms with van der Waals surface area (Å²) in [4.78, 5) is 16.7. The SMILES string of the molecule is Cl.Cl.O=C(NCc1cscn1)[C@@]12CCCC[C@H]1CNC2. The highest BCUT2D eigenvalue weighted by atomic mass is 35.5. The number of aromatic nitrogens is 1. The molecule has 2 aliphatic rings. The van der Waals surface area contributed by atoms with Crippen molar-refractivity contribution in [2.75, 3.05) is 13.1 Å². The van der Waals surface area contributed by atoms with Crippen LogP contribution in [0.1, 0.15) is 31.4 Å². The van der Waals surface area contributed by atoms with Crippen LogP contribution in [0.4, 0.5) is 0 Å². The summed E-state index contributed by atoms with van der Waals surface area (Å²) in [7, 11) is 0. The fourth-order valence-corrected chi connectivity index (χ4v) is 3.92. The molecule has 0 bridgehead atoms. The van der Waals surface area contributed by atoms with Gasteiger partial charge in [0.15, 0.2) is 0 Å². The van der Waals surface area contributed by atoms with Gasteiger partial charge in [-0.3, -0.25) is 4.79 Å². The highest BCUT2D eigenvalue weighted by Crippen LogP contribution is 2.43. The summed E-state index contributed by atoms with van der Waals surface area (Å²) in [5.74, 6) is 0.756. The number of halogens is 2. The Kier molecular flexibility index (Phi) is 6.72. The van der Waals surface area contributed by atoms with Gasteiger partial charge in [-0.05, 0) is 25.3 Å². The van der Waals surface area contributed by atoms with Gasteiger partial charge in [-0.2, -0.15) is 0 Å². The summed E-state index contributed by atoms with van der Waals surface area (Å²) in [5, 5.41) is 8.48. The molecule has 2 N–H and O–H groups in total. The maximum atomic E-state index is 12.5. The van der Waals surface area contributed by atoms with Gasteiger partial charge in [0.25, 0.3) is 0 Å². The molecule has 1 aliphatic carbocycles. The van der Waals surface area contributed by atoms with Crippen LogP contribution in [0.3, 0.4) is 0 Å². The lowest BCUT2D eigenvalue weighted by Crippen LogP contribution is -2.47. The number of nitrogens with one attached hydrogen (secondary N) is 2. The second kappa shape index (κ2) is 7.59. The van der Waals surface area contributed by atoms with Crippen LogP contribution in [0.2, 0.25) is 0 Å². The lowest BCUT2D eigenvalue weighted by molar-refractivity contribution is -0.134. The predicted molar refractivity (Wildman–Crippen MR) is 85.7 cm³/mol. The van der Waals surface area contributed by atoms with Crippen LogP contribution < -0.4 is 10.6 Å². The molecule has 20 heavy (non-hydrogen) atoms. The van der Waals surface area contributed by atoms with E-state index in [9.17, 15) is 4.79 Å². The number of thiazole rings is 1. The number of amides is 1. The molecule has 0 aromatic carbocycles. The normalized spacial score (nSPS) is 27.9. The Hall–Kier alpha value is -0.360. The highest BCUT2D eigenvalue weighted by Gasteiger charge is 2.49. The van der Waals surface area contributed by atoms with Crippen molar-refractivity contribution < 1.29 is 4.79 Å². The van der Waals surface area contributed by atoms with Gasteiger partial charge in [-0.1, -0.05) is 12.8 Å². The Morgan fingerprint density at radius 1 is 1.50 bits per heavy atom. The average Bonchev–Trinajstić information content (AvgIpc) is 3.05. The van der Waals surface area contributed by atoms with E-state index < -0.39 is 0 Å². The number of nitrogens with zero attached hydrogens (tertiary/aromatic N) is 1. The standard InChI is InChI=1S/C13H19N3OS.2ClH/c17-12(15-6-11-7-18-9-16-11)13-4-2-1-3-10(13)5-14-8-13;;/h7,9-10,14H,1-6,8H2,(H,15,17);2*1H/t10-,13+;;/m0../s1. The highest BCUT2D eigenvalue weighted by molar-refractivity contribution is 7.07. The summed E-state index contributed by atoms with van der Waals surface area (Å²) in [5.41, 5.74) is 2.62. The second-order valence-electron chi connectivity index (χ2n) is 5.39. The Labute approximate surface area is 135 Å². The first-order valence-electron chi connectivity index (χ1n) is 6.67. The molecule has 1 saturated heterocycles. The minimum atomic E-state index is -0.145. The molecule has 0 radical (unpaired) electrons. The van der Waals surface area contributed by atoms with Crippen LogP contribution in [0.25, 0.3) is 0 Å². The average molecular weight is 338 g/mol. The van der Waals surface area contributed by atoms with Crippen molar-refractivity contribution in [3.05, 3.63) is 16.6 Å². The maximum absolute atomic E-state index is 12.5. The Bertz CT molecular complexity index is 429. The first kappa shape index (κ1) is 17.7.